The standard InChI is InChI=1S/C16H14F3N3O2/c1-3-10-5-6-11(13(7-10)24-9-23-4-2)15-12(16(17,18)19)8-14(20)21-22-15/h1,5-8H,4,9H2,2H3,(H2,20,21). The third-order valence-electron chi connectivity index (χ3n) is 3.02. The lowest BCUT2D eigenvalue weighted by atomic mass is 10.0. The van der Waals surface area contributed by atoms with Gasteiger partial charge < -0.3 is 15.2 Å². The molecule has 2 rings (SSSR count). The molecule has 0 aliphatic heterocycles. The predicted octanol–water partition coefficient (Wildman–Crippen LogP) is 3.10. The fraction of sp³-hybridized carbons (Fsp3) is 0.250. The normalized spacial score (nSPS) is 11.1. The van der Waals surface area contributed by atoms with E-state index in [1.54, 1.807) is 6.92 Å². The number of terminal acetylenes is 1. The number of aromatic nitrogens is 2. The monoisotopic (exact) mass is 337 g/mol. The molecule has 0 fully saturated rings. The van der Waals surface area contributed by atoms with Crippen molar-refractivity contribution in [3.8, 4) is 29.4 Å². The fourth-order valence-corrected chi connectivity index (χ4v) is 1.94. The van der Waals surface area contributed by atoms with Crippen molar-refractivity contribution >= 4 is 5.82 Å². The highest BCUT2D eigenvalue weighted by Crippen LogP contribution is 2.39. The molecule has 0 bridgehead atoms. The van der Waals surface area contributed by atoms with Crippen LogP contribution in [-0.2, 0) is 10.9 Å². The van der Waals surface area contributed by atoms with Gasteiger partial charge in [0, 0.05) is 17.7 Å². The van der Waals surface area contributed by atoms with Gasteiger partial charge >= 0.3 is 6.18 Å². The lowest BCUT2D eigenvalue weighted by Gasteiger charge is -2.15. The number of nitrogen functional groups attached to an aromatic ring is 1. The number of alkyl halides is 3. The summed E-state index contributed by atoms with van der Waals surface area (Å²) in [6.07, 6.45) is 0.669. The van der Waals surface area contributed by atoms with Crippen molar-refractivity contribution in [1.82, 2.24) is 10.2 Å². The maximum Gasteiger partial charge on any atom is 0.418 e. The number of anilines is 1. The molecule has 0 aliphatic rings. The fourth-order valence-electron chi connectivity index (χ4n) is 1.94. The maximum absolute atomic E-state index is 13.3. The number of benzene rings is 1. The number of rotatable bonds is 5. The van der Waals surface area contributed by atoms with E-state index in [4.69, 9.17) is 21.6 Å². The smallest absolute Gasteiger partial charge is 0.418 e. The minimum Gasteiger partial charge on any atom is -0.467 e. The second kappa shape index (κ2) is 7.19. The van der Waals surface area contributed by atoms with Crippen LogP contribution in [0.3, 0.4) is 0 Å². The van der Waals surface area contributed by atoms with Crippen LogP contribution in [-0.4, -0.2) is 23.6 Å². The largest absolute Gasteiger partial charge is 0.467 e. The number of ether oxygens (including phenoxy) is 2. The minimum atomic E-state index is -4.65. The molecule has 2 N–H and O–H groups in total. The van der Waals surface area contributed by atoms with Crippen LogP contribution < -0.4 is 10.5 Å². The van der Waals surface area contributed by atoms with Crippen molar-refractivity contribution in [1.29, 1.82) is 0 Å². The van der Waals surface area contributed by atoms with Gasteiger partial charge in [-0.15, -0.1) is 16.6 Å². The Labute approximate surface area is 136 Å². The summed E-state index contributed by atoms with van der Waals surface area (Å²) < 4.78 is 50.3. The van der Waals surface area contributed by atoms with Crippen molar-refractivity contribution in [2.45, 2.75) is 13.1 Å². The van der Waals surface area contributed by atoms with Crippen molar-refractivity contribution in [3.05, 3.63) is 35.4 Å². The van der Waals surface area contributed by atoms with Crippen LogP contribution in [0.25, 0.3) is 11.3 Å². The van der Waals surface area contributed by atoms with E-state index in [-0.39, 0.29) is 23.9 Å². The van der Waals surface area contributed by atoms with Crippen LogP contribution in [0, 0.1) is 12.3 Å². The number of nitrogens with zero attached hydrogens (tertiary/aromatic N) is 2. The van der Waals surface area contributed by atoms with E-state index < -0.39 is 17.4 Å². The van der Waals surface area contributed by atoms with Gasteiger partial charge in [-0.25, -0.2) is 0 Å². The van der Waals surface area contributed by atoms with E-state index in [0.717, 1.165) is 6.07 Å². The van der Waals surface area contributed by atoms with Gasteiger partial charge in [-0.05, 0) is 31.2 Å². The van der Waals surface area contributed by atoms with E-state index in [1.165, 1.54) is 18.2 Å². The second-order valence-corrected chi connectivity index (χ2v) is 4.64. The number of hydrogen-bond acceptors (Lipinski definition) is 5. The van der Waals surface area contributed by atoms with Crippen LogP contribution in [0.1, 0.15) is 18.1 Å². The van der Waals surface area contributed by atoms with Crippen LogP contribution in [0.2, 0.25) is 0 Å². The summed E-state index contributed by atoms with van der Waals surface area (Å²) >= 11 is 0. The Hall–Kier alpha value is -2.79. The first kappa shape index (κ1) is 17.6. The zero-order valence-corrected chi connectivity index (χ0v) is 12.7. The van der Waals surface area contributed by atoms with Crippen molar-refractivity contribution in [2.24, 2.45) is 0 Å². The van der Waals surface area contributed by atoms with Gasteiger partial charge in [0.25, 0.3) is 0 Å². The van der Waals surface area contributed by atoms with E-state index >= 15 is 0 Å². The Balaban J connectivity index is 2.58. The SMILES string of the molecule is C#Cc1ccc(-c2nnc(N)cc2C(F)(F)F)c(OCOCC)c1. The molecule has 2 aromatic rings. The lowest BCUT2D eigenvalue weighted by molar-refractivity contribution is -0.137. The molecule has 0 radical (unpaired) electrons. The quantitative estimate of drug-likeness (QED) is 0.516. The zero-order chi connectivity index (χ0) is 17.7. The Morgan fingerprint density at radius 1 is 1.25 bits per heavy atom. The van der Waals surface area contributed by atoms with Crippen LogP contribution in [0.4, 0.5) is 19.0 Å². The summed E-state index contributed by atoms with van der Waals surface area (Å²) in [5.41, 5.74) is 4.46. The average molecular weight is 337 g/mol. The maximum atomic E-state index is 13.3. The summed E-state index contributed by atoms with van der Waals surface area (Å²) in [7, 11) is 0. The predicted molar refractivity (Wildman–Crippen MR) is 81.9 cm³/mol. The van der Waals surface area contributed by atoms with Crippen LogP contribution >= 0.6 is 0 Å². The van der Waals surface area contributed by atoms with E-state index in [2.05, 4.69) is 16.1 Å². The molecule has 0 saturated carbocycles. The third kappa shape index (κ3) is 3.94. The van der Waals surface area contributed by atoms with Crippen LogP contribution in [0.15, 0.2) is 24.3 Å². The highest BCUT2D eigenvalue weighted by molar-refractivity contribution is 5.72. The first-order valence-corrected chi connectivity index (χ1v) is 6.88. The van der Waals surface area contributed by atoms with Gasteiger partial charge in [-0.1, -0.05) is 5.92 Å². The van der Waals surface area contributed by atoms with Crippen molar-refractivity contribution in [2.75, 3.05) is 19.1 Å². The highest BCUT2D eigenvalue weighted by Gasteiger charge is 2.36. The summed E-state index contributed by atoms with van der Waals surface area (Å²) in [6.45, 7) is 2.01. The second-order valence-electron chi connectivity index (χ2n) is 4.64. The molecular weight excluding hydrogens is 323 g/mol. The average Bonchev–Trinajstić information content (AvgIpc) is 2.54. The van der Waals surface area contributed by atoms with E-state index in [9.17, 15) is 13.2 Å². The van der Waals surface area contributed by atoms with Gasteiger partial charge in [0.15, 0.2) is 6.79 Å². The molecular formula is C16H14F3N3O2. The molecule has 8 heteroatoms. The number of nitrogens with two attached hydrogens (primary N) is 1. The molecule has 0 spiro atoms. The highest BCUT2D eigenvalue weighted by atomic mass is 19.4. The molecule has 0 saturated heterocycles. The Morgan fingerprint density at radius 3 is 2.62 bits per heavy atom. The Morgan fingerprint density at radius 2 is 2.00 bits per heavy atom. The zero-order valence-electron chi connectivity index (χ0n) is 12.7. The van der Waals surface area contributed by atoms with Crippen molar-refractivity contribution < 1.29 is 22.6 Å². The van der Waals surface area contributed by atoms with Crippen LogP contribution in [0.5, 0.6) is 5.75 Å². The molecule has 0 aliphatic carbocycles. The summed E-state index contributed by atoms with van der Waals surface area (Å²) in [4.78, 5) is 0. The Kier molecular flexibility index (Phi) is 5.26. The number of hydrogen-bond donors (Lipinski definition) is 1. The lowest BCUT2D eigenvalue weighted by Crippen LogP contribution is -2.12. The molecule has 0 unspecified atom stereocenters. The molecule has 5 nitrogen and oxygen atoms in total. The van der Waals surface area contributed by atoms with Gasteiger partial charge in [0.05, 0.1) is 5.56 Å². The summed E-state index contributed by atoms with van der Waals surface area (Å²) in [6, 6.07) is 5.04. The van der Waals surface area contributed by atoms with Gasteiger partial charge in [0.2, 0.25) is 0 Å². The van der Waals surface area contributed by atoms with Crippen molar-refractivity contribution in [3.63, 3.8) is 0 Å². The van der Waals surface area contributed by atoms with Gasteiger partial charge in [0.1, 0.15) is 17.3 Å². The third-order valence-corrected chi connectivity index (χ3v) is 3.02. The first-order valence-electron chi connectivity index (χ1n) is 6.88. The molecule has 0 amide bonds. The van der Waals surface area contributed by atoms with E-state index in [1.807, 2.05) is 0 Å². The molecule has 0 atom stereocenters. The molecule has 1 aromatic heterocycles. The molecule has 24 heavy (non-hydrogen) atoms. The summed E-state index contributed by atoms with van der Waals surface area (Å²) in [5.74, 6) is 2.18. The molecule has 1 heterocycles. The van der Waals surface area contributed by atoms with E-state index in [0.29, 0.717) is 12.2 Å². The summed E-state index contributed by atoms with van der Waals surface area (Å²) in [5, 5.41) is 7.10. The van der Waals surface area contributed by atoms with Gasteiger partial charge in [-0.3, -0.25) is 0 Å². The molecule has 1 aromatic carbocycles. The first-order chi connectivity index (χ1) is 11.4. The minimum absolute atomic E-state index is 0.0912. The Bertz CT molecular complexity index is 770. The van der Waals surface area contributed by atoms with Gasteiger partial charge in [-0.2, -0.15) is 13.2 Å². The topological polar surface area (TPSA) is 70.3 Å². The molecule has 126 valence electrons. The number of halogens is 3.